The van der Waals surface area contributed by atoms with Crippen LogP contribution in [0.4, 0.5) is 19.0 Å². The van der Waals surface area contributed by atoms with Gasteiger partial charge in [0.15, 0.2) is 5.65 Å². The van der Waals surface area contributed by atoms with E-state index >= 15 is 0 Å². The van der Waals surface area contributed by atoms with E-state index in [9.17, 15) is 18.0 Å². The number of amides is 1. The van der Waals surface area contributed by atoms with Gasteiger partial charge in [0.25, 0.3) is 5.91 Å². The maximum absolute atomic E-state index is 12.5. The van der Waals surface area contributed by atoms with Crippen LogP contribution >= 0.6 is 0 Å². The molecule has 7 heteroatoms. The number of carbonyl (C=O) groups is 1. The van der Waals surface area contributed by atoms with E-state index < -0.39 is 12.1 Å². The van der Waals surface area contributed by atoms with Gasteiger partial charge in [-0.3, -0.25) is 4.79 Å². The maximum atomic E-state index is 12.5. The van der Waals surface area contributed by atoms with Gasteiger partial charge in [-0.25, -0.2) is 9.97 Å². The molecule has 0 fully saturated rings. The molecule has 2 heterocycles. The number of fused-ring (bicyclic) bond motifs is 1. The molecular weight excluding hydrogens is 355 g/mol. The van der Waals surface area contributed by atoms with Crippen molar-refractivity contribution in [1.82, 2.24) is 9.97 Å². The van der Waals surface area contributed by atoms with Crippen molar-refractivity contribution in [2.24, 2.45) is 0 Å². The highest BCUT2D eigenvalue weighted by atomic mass is 19.4. The van der Waals surface area contributed by atoms with Crippen LogP contribution in [0.3, 0.4) is 0 Å². The number of rotatable bonds is 3. The Morgan fingerprint density at radius 2 is 1.78 bits per heavy atom. The third-order valence-corrected chi connectivity index (χ3v) is 3.89. The Morgan fingerprint density at radius 3 is 2.48 bits per heavy atom. The number of carbonyl (C=O) groups excluding carboxylic acids is 1. The highest BCUT2D eigenvalue weighted by Gasteiger charge is 2.21. The number of allylic oxidation sites excluding steroid dienone is 1. The molecule has 2 aromatic heterocycles. The van der Waals surface area contributed by atoms with Gasteiger partial charge in [0, 0.05) is 22.7 Å². The monoisotopic (exact) mass is 371 g/mol. The first kappa shape index (κ1) is 18.6. The molecule has 3 rings (SSSR count). The molecule has 0 unspecified atom stereocenters. The molecule has 3 aromatic rings. The number of nitrogens with zero attached hydrogens (tertiary/aromatic N) is 2. The number of nitrogens with one attached hydrogen (secondary N) is 1. The van der Waals surface area contributed by atoms with Gasteiger partial charge in [0.2, 0.25) is 0 Å². The molecule has 0 aliphatic carbocycles. The lowest BCUT2D eigenvalue weighted by atomic mass is 10.0. The Kier molecular flexibility index (Phi) is 4.94. The highest BCUT2D eigenvalue weighted by molar-refractivity contribution is 6.05. The number of hydrogen-bond donors (Lipinski definition) is 1. The van der Waals surface area contributed by atoms with E-state index in [-0.39, 0.29) is 6.08 Å². The van der Waals surface area contributed by atoms with E-state index in [0.29, 0.717) is 28.2 Å². The summed E-state index contributed by atoms with van der Waals surface area (Å²) >= 11 is 0. The van der Waals surface area contributed by atoms with E-state index in [2.05, 4.69) is 15.3 Å². The van der Waals surface area contributed by atoms with Crippen molar-refractivity contribution in [1.29, 1.82) is 0 Å². The average molecular weight is 371 g/mol. The molecule has 1 aromatic carbocycles. The molecule has 0 bridgehead atoms. The van der Waals surface area contributed by atoms with Crippen LogP contribution in [0.1, 0.15) is 27.2 Å². The first-order valence-corrected chi connectivity index (χ1v) is 8.14. The Morgan fingerprint density at radius 1 is 1.04 bits per heavy atom. The average Bonchev–Trinajstić information content (AvgIpc) is 2.59. The van der Waals surface area contributed by atoms with Crippen LogP contribution in [0.5, 0.6) is 0 Å². The predicted octanol–water partition coefficient (Wildman–Crippen LogP) is 5.07. The summed E-state index contributed by atoms with van der Waals surface area (Å²) in [4.78, 5) is 21.1. The van der Waals surface area contributed by atoms with Crippen LogP contribution in [-0.2, 0) is 0 Å². The summed E-state index contributed by atoms with van der Waals surface area (Å²) in [6, 6.07) is 11.7. The van der Waals surface area contributed by atoms with Crippen LogP contribution in [0.2, 0.25) is 0 Å². The summed E-state index contributed by atoms with van der Waals surface area (Å²) in [5, 5.41) is 3.56. The first-order chi connectivity index (χ1) is 12.7. The first-order valence-electron chi connectivity index (χ1n) is 8.14. The van der Waals surface area contributed by atoms with Gasteiger partial charge in [-0.2, -0.15) is 13.2 Å². The van der Waals surface area contributed by atoms with Gasteiger partial charge in [-0.05, 0) is 55.3 Å². The van der Waals surface area contributed by atoms with Gasteiger partial charge in [-0.15, -0.1) is 0 Å². The molecule has 0 radical (unpaired) electrons. The van der Waals surface area contributed by atoms with Crippen LogP contribution in [0.25, 0.3) is 17.1 Å². The van der Waals surface area contributed by atoms with Crippen molar-refractivity contribution in [3.05, 3.63) is 70.9 Å². The van der Waals surface area contributed by atoms with E-state index in [1.165, 1.54) is 18.2 Å². The number of anilines is 1. The van der Waals surface area contributed by atoms with Gasteiger partial charge in [0.05, 0.1) is 0 Å². The molecule has 0 atom stereocenters. The maximum Gasteiger partial charge on any atom is 0.409 e. The summed E-state index contributed by atoms with van der Waals surface area (Å²) in [5.41, 5.74) is 2.63. The standard InChI is InChI=1S/C20H16F3N3O/c1-12-11-14(9-10-20(21,22)23)4-7-16(12)19(27)26-17-8-6-15-5-3-13(2)24-18(15)25-17/h3-11H,1-2H3,(H,24,25,26,27)/b10-9+. The second-order valence-electron chi connectivity index (χ2n) is 6.10. The minimum Gasteiger partial charge on any atom is -0.306 e. The quantitative estimate of drug-likeness (QED) is 0.699. The topological polar surface area (TPSA) is 54.9 Å². The lowest BCUT2D eigenvalue weighted by molar-refractivity contribution is -0.0790. The molecular formula is C20H16F3N3O. The number of hydrogen-bond acceptors (Lipinski definition) is 3. The van der Waals surface area contributed by atoms with Crippen molar-refractivity contribution in [3.8, 4) is 0 Å². The molecule has 27 heavy (non-hydrogen) atoms. The summed E-state index contributed by atoms with van der Waals surface area (Å²) in [5.74, 6) is -0.0376. The number of aryl methyl sites for hydroxylation is 2. The third-order valence-electron chi connectivity index (χ3n) is 3.89. The lowest BCUT2D eigenvalue weighted by Crippen LogP contribution is -2.14. The number of aromatic nitrogens is 2. The minimum atomic E-state index is -4.38. The Labute approximate surface area is 153 Å². The van der Waals surface area contributed by atoms with Crippen molar-refractivity contribution < 1.29 is 18.0 Å². The Hall–Kier alpha value is -3.22. The van der Waals surface area contributed by atoms with Gasteiger partial charge in [-0.1, -0.05) is 18.2 Å². The molecule has 1 amide bonds. The zero-order chi connectivity index (χ0) is 19.6. The van der Waals surface area contributed by atoms with Crippen LogP contribution < -0.4 is 5.32 Å². The minimum absolute atomic E-state index is 0.162. The molecule has 0 aliphatic heterocycles. The zero-order valence-corrected chi connectivity index (χ0v) is 14.6. The molecule has 0 saturated heterocycles. The van der Waals surface area contributed by atoms with Crippen molar-refractivity contribution >= 4 is 28.8 Å². The van der Waals surface area contributed by atoms with E-state index in [1.54, 1.807) is 13.0 Å². The smallest absolute Gasteiger partial charge is 0.306 e. The summed E-state index contributed by atoms with van der Waals surface area (Å²) in [6.07, 6.45) is -3.25. The number of pyridine rings is 2. The van der Waals surface area contributed by atoms with Crippen molar-refractivity contribution in [3.63, 3.8) is 0 Å². The molecule has 0 saturated carbocycles. The largest absolute Gasteiger partial charge is 0.409 e. The van der Waals surface area contributed by atoms with Gasteiger partial charge < -0.3 is 5.32 Å². The van der Waals surface area contributed by atoms with E-state index in [4.69, 9.17) is 0 Å². The van der Waals surface area contributed by atoms with Crippen LogP contribution in [-0.4, -0.2) is 22.1 Å². The second-order valence-corrected chi connectivity index (χ2v) is 6.10. The van der Waals surface area contributed by atoms with E-state index in [0.717, 1.165) is 17.2 Å². The Balaban J connectivity index is 1.81. The number of halogens is 3. The molecule has 4 nitrogen and oxygen atoms in total. The molecule has 138 valence electrons. The van der Waals surface area contributed by atoms with Crippen LogP contribution in [0.15, 0.2) is 48.5 Å². The van der Waals surface area contributed by atoms with Crippen molar-refractivity contribution in [2.75, 3.05) is 5.32 Å². The fourth-order valence-electron chi connectivity index (χ4n) is 2.58. The van der Waals surface area contributed by atoms with Crippen LogP contribution in [0, 0.1) is 13.8 Å². The summed E-state index contributed by atoms with van der Waals surface area (Å²) in [7, 11) is 0. The SMILES string of the molecule is Cc1ccc2ccc(NC(=O)c3ccc(/C=C/C(F)(F)F)cc3C)nc2n1. The van der Waals surface area contributed by atoms with E-state index in [1.807, 2.05) is 25.1 Å². The number of benzene rings is 1. The normalized spacial score (nSPS) is 11.9. The summed E-state index contributed by atoms with van der Waals surface area (Å²) in [6.45, 7) is 3.52. The molecule has 0 aliphatic rings. The Bertz CT molecular complexity index is 1040. The molecule has 0 spiro atoms. The lowest BCUT2D eigenvalue weighted by Gasteiger charge is -2.09. The summed E-state index contributed by atoms with van der Waals surface area (Å²) < 4.78 is 36.8. The fraction of sp³-hybridized carbons (Fsp3) is 0.150. The van der Waals surface area contributed by atoms with Crippen molar-refractivity contribution in [2.45, 2.75) is 20.0 Å². The fourth-order valence-corrected chi connectivity index (χ4v) is 2.58. The molecule has 1 N–H and O–H groups in total. The van der Waals surface area contributed by atoms with Gasteiger partial charge in [0.1, 0.15) is 5.82 Å². The second kappa shape index (κ2) is 7.19. The zero-order valence-electron chi connectivity index (χ0n) is 14.6. The van der Waals surface area contributed by atoms with Gasteiger partial charge >= 0.3 is 6.18 Å². The highest BCUT2D eigenvalue weighted by Crippen LogP contribution is 2.20. The predicted molar refractivity (Wildman–Crippen MR) is 98.5 cm³/mol. The number of alkyl halides is 3. The third kappa shape index (κ3) is 4.69.